The fraction of sp³-hybridized carbons (Fsp3) is 0.500. The molecule has 28 heavy (non-hydrogen) atoms. The summed E-state index contributed by atoms with van der Waals surface area (Å²) in [5, 5.41) is 0. The van der Waals surface area contributed by atoms with Crippen LogP contribution in [0.15, 0.2) is 57.8 Å². The van der Waals surface area contributed by atoms with Crippen molar-refractivity contribution in [3.63, 3.8) is 0 Å². The zero-order valence-corrected chi connectivity index (χ0v) is 17.0. The molecule has 1 aromatic carbocycles. The highest BCUT2D eigenvalue weighted by atomic mass is 15.2. The van der Waals surface area contributed by atoms with Gasteiger partial charge in [-0.25, -0.2) is 0 Å². The van der Waals surface area contributed by atoms with E-state index in [1.54, 1.807) is 0 Å². The Morgan fingerprint density at radius 2 is 1.93 bits per heavy atom. The monoisotopic (exact) mass is 374 g/mol. The molecule has 0 bridgehead atoms. The van der Waals surface area contributed by atoms with Crippen LogP contribution >= 0.6 is 0 Å². The number of rotatable bonds is 4. The van der Waals surface area contributed by atoms with E-state index in [1.807, 2.05) is 0 Å². The highest BCUT2D eigenvalue weighted by Gasteiger charge is 2.29. The van der Waals surface area contributed by atoms with Crippen molar-refractivity contribution in [2.24, 2.45) is 15.9 Å². The first-order valence-electron chi connectivity index (χ1n) is 10.7. The quantitative estimate of drug-likeness (QED) is 0.796. The number of aliphatic imine (C=N–C) groups is 2. The van der Waals surface area contributed by atoms with Gasteiger partial charge in [0.05, 0.1) is 6.54 Å². The van der Waals surface area contributed by atoms with Gasteiger partial charge in [0.1, 0.15) is 0 Å². The van der Waals surface area contributed by atoms with Crippen LogP contribution in [0.3, 0.4) is 0 Å². The van der Waals surface area contributed by atoms with Crippen molar-refractivity contribution < 1.29 is 0 Å². The van der Waals surface area contributed by atoms with Gasteiger partial charge in [-0.15, -0.1) is 0 Å². The van der Waals surface area contributed by atoms with E-state index in [2.05, 4.69) is 47.6 Å². The lowest BCUT2D eigenvalue weighted by Crippen LogP contribution is -2.41. The largest absolute Gasteiger partial charge is 0.370 e. The van der Waals surface area contributed by atoms with E-state index in [0.717, 1.165) is 39.0 Å². The molecule has 4 heteroatoms. The van der Waals surface area contributed by atoms with Gasteiger partial charge in [0.15, 0.2) is 0 Å². The second-order valence-electron chi connectivity index (χ2n) is 8.61. The number of likely N-dealkylation sites (tertiary alicyclic amines) is 1. The van der Waals surface area contributed by atoms with Crippen LogP contribution in [0.25, 0.3) is 0 Å². The minimum atomic E-state index is 0.635. The Hall–Kier alpha value is -2.20. The maximum Gasteiger partial charge on any atom is 0.0649 e. The summed E-state index contributed by atoms with van der Waals surface area (Å²) in [7, 11) is 0. The van der Waals surface area contributed by atoms with Crippen molar-refractivity contribution in [1.29, 1.82) is 0 Å². The number of benzene rings is 1. The molecule has 0 atom stereocenters. The second-order valence-corrected chi connectivity index (χ2v) is 8.61. The van der Waals surface area contributed by atoms with E-state index in [9.17, 15) is 0 Å². The molecule has 1 fully saturated rings. The fourth-order valence-corrected chi connectivity index (χ4v) is 5.19. The number of hydrogen-bond acceptors (Lipinski definition) is 4. The maximum absolute atomic E-state index is 4.88. The Labute approximate surface area is 168 Å². The molecule has 4 aliphatic rings. The lowest BCUT2D eigenvalue weighted by molar-refractivity contribution is 0.185. The molecule has 4 heterocycles. The molecule has 4 aliphatic heterocycles. The average molecular weight is 375 g/mol. The zero-order chi connectivity index (χ0) is 19.1. The summed E-state index contributed by atoms with van der Waals surface area (Å²) >= 11 is 0. The maximum atomic E-state index is 4.88. The van der Waals surface area contributed by atoms with Crippen LogP contribution < -0.4 is 0 Å². The Bertz CT molecular complexity index is 884. The first-order chi connectivity index (χ1) is 13.7. The molecule has 5 rings (SSSR count). The van der Waals surface area contributed by atoms with E-state index < -0.39 is 0 Å². The van der Waals surface area contributed by atoms with Crippen molar-refractivity contribution >= 4 is 11.4 Å². The number of hydrogen-bond donors (Lipinski definition) is 0. The molecule has 0 saturated carbocycles. The van der Waals surface area contributed by atoms with Gasteiger partial charge in [-0.3, -0.25) is 9.98 Å². The molecular formula is C24H30N4. The van der Waals surface area contributed by atoms with Crippen LogP contribution in [0.5, 0.6) is 0 Å². The topological polar surface area (TPSA) is 31.2 Å². The average Bonchev–Trinajstić information content (AvgIpc) is 3.31. The van der Waals surface area contributed by atoms with Crippen molar-refractivity contribution in [2.75, 3.05) is 32.7 Å². The molecule has 0 aliphatic carbocycles. The van der Waals surface area contributed by atoms with E-state index in [4.69, 9.17) is 9.98 Å². The molecule has 1 saturated heterocycles. The number of nitrogens with zero attached hydrogens (tertiary/aromatic N) is 4. The summed E-state index contributed by atoms with van der Waals surface area (Å²) in [6.07, 6.45) is 4.54. The summed E-state index contributed by atoms with van der Waals surface area (Å²) < 4.78 is 0. The lowest BCUT2D eigenvalue weighted by Gasteiger charge is -2.36. The van der Waals surface area contributed by atoms with Crippen LogP contribution in [-0.2, 0) is 6.54 Å². The van der Waals surface area contributed by atoms with Gasteiger partial charge in [-0.2, -0.15) is 0 Å². The molecular weight excluding hydrogens is 344 g/mol. The van der Waals surface area contributed by atoms with Gasteiger partial charge in [-0.05, 0) is 38.4 Å². The number of piperidine rings is 1. The van der Waals surface area contributed by atoms with Crippen molar-refractivity contribution in [3.8, 4) is 0 Å². The molecule has 146 valence electrons. The van der Waals surface area contributed by atoms with E-state index in [-0.39, 0.29) is 0 Å². The van der Waals surface area contributed by atoms with Crippen molar-refractivity contribution in [3.05, 3.63) is 58.9 Å². The molecule has 0 radical (unpaired) electrons. The third kappa shape index (κ3) is 3.24. The summed E-state index contributed by atoms with van der Waals surface area (Å²) in [6.45, 7) is 13.0. The lowest BCUT2D eigenvalue weighted by atomic mass is 9.87. The van der Waals surface area contributed by atoms with Gasteiger partial charge in [0.25, 0.3) is 0 Å². The summed E-state index contributed by atoms with van der Waals surface area (Å²) in [6, 6.07) is 8.77. The minimum Gasteiger partial charge on any atom is -0.370 e. The standard InChI is InChI=1S/C24H30N4/c1-17-15-22-18(2)28(12-9-23(22)26-17)14-13-27-10-7-19(8-11-27)24-21-6-4-3-5-20(21)16-25-24/h3-6,19H,2,7-16H2,1H3. The summed E-state index contributed by atoms with van der Waals surface area (Å²) in [4.78, 5) is 14.7. The third-order valence-electron chi connectivity index (χ3n) is 6.83. The second kappa shape index (κ2) is 7.32. The van der Waals surface area contributed by atoms with Crippen molar-refractivity contribution in [1.82, 2.24) is 9.80 Å². The molecule has 4 nitrogen and oxygen atoms in total. The first-order valence-corrected chi connectivity index (χ1v) is 10.7. The van der Waals surface area contributed by atoms with Crippen molar-refractivity contribution in [2.45, 2.75) is 39.2 Å². The molecule has 0 unspecified atom stereocenters. The molecule has 1 aromatic rings. The Balaban J connectivity index is 1.13. The first kappa shape index (κ1) is 17.9. The van der Waals surface area contributed by atoms with Gasteiger partial charge < -0.3 is 9.80 Å². The summed E-state index contributed by atoms with van der Waals surface area (Å²) in [5.74, 6) is 0.635. The predicted molar refractivity (Wildman–Crippen MR) is 116 cm³/mol. The van der Waals surface area contributed by atoms with Crippen LogP contribution in [0.2, 0.25) is 0 Å². The Morgan fingerprint density at radius 3 is 2.79 bits per heavy atom. The Kier molecular flexibility index (Phi) is 4.67. The molecule has 0 amide bonds. The smallest absolute Gasteiger partial charge is 0.0649 e. The molecule has 0 N–H and O–H groups in total. The van der Waals surface area contributed by atoms with E-state index >= 15 is 0 Å². The third-order valence-corrected chi connectivity index (χ3v) is 6.83. The highest BCUT2D eigenvalue weighted by molar-refractivity contribution is 6.05. The van der Waals surface area contributed by atoms with Crippen LogP contribution in [-0.4, -0.2) is 53.9 Å². The SMILES string of the molecule is C=C1C2=C(CCN1CCN1CCC(C3=NCc4ccccc43)CC1)N=C(C)C2. The number of allylic oxidation sites excluding steroid dienone is 1. The zero-order valence-electron chi connectivity index (χ0n) is 17.0. The fourth-order valence-electron chi connectivity index (χ4n) is 5.19. The predicted octanol–water partition coefficient (Wildman–Crippen LogP) is 4.04. The van der Waals surface area contributed by atoms with Crippen LogP contribution in [0, 0.1) is 5.92 Å². The van der Waals surface area contributed by atoms with Gasteiger partial charge in [0.2, 0.25) is 0 Å². The van der Waals surface area contributed by atoms with Crippen LogP contribution in [0.4, 0.5) is 0 Å². The summed E-state index contributed by atoms with van der Waals surface area (Å²) in [5.41, 5.74) is 9.32. The van der Waals surface area contributed by atoms with Gasteiger partial charge in [-0.1, -0.05) is 30.8 Å². The van der Waals surface area contributed by atoms with E-state index in [1.165, 1.54) is 65.4 Å². The molecule has 0 aromatic heterocycles. The van der Waals surface area contributed by atoms with Gasteiger partial charge >= 0.3 is 0 Å². The normalized spacial score (nSPS) is 23.0. The Morgan fingerprint density at radius 1 is 1.11 bits per heavy atom. The minimum absolute atomic E-state index is 0.635. The van der Waals surface area contributed by atoms with Crippen LogP contribution in [0.1, 0.15) is 43.7 Å². The van der Waals surface area contributed by atoms with E-state index in [0.29, 0.717) is 5.92 Å². The molecule has 0 spiro atoms. The van der Waals surface area contributed by atoms with Gasteiger partial charge in [0, 0.05) is 72.3 Å². The number of fused-ring (bicyclic) bond motifs is 1. The highest BCUT2D eigenvalue weighted by Crippen LogP contribution is 2.34.